The predicted molar refractivity (Wildman–Crippen MR) is 62.5 cm³/mol. The summed E-state index contributed by atoms with van der Waals surface area (Å²) in [6, 6.07) is 0.223. The summed E-state index contributed by atoms with van der Waals surface area (Å²) in [6.07, 6.45) is -2.61. The molecule has 0 radical (unpaired) electrons. The number of carbonyl (C=O) groups excluding carboxylic acids is 1. The molecule has 1 N–H and O–H groups in total. The lowest BCUT2D eigenvalue weighted by Gasteiger charge is -2.11. The molecule has 0 spiro atoms. The number of nitrogens with one attached hydrogen (secondary N) is 1. The Bertz CT molecular complexity index is 484. The highest BCUT2D eigenvalue weighted by molar-refractivity contribution is 8.00. The summed E-state index contributed by atoms with van der Waals surface area (Å²) in [4.78, 5) is 11.7. The highest BCUT2D eigenvalue weighted by atomic mass is 32.2. The van der Waals surface area contributed by atoms with Crippen molar-refractivity contribution in [3.05, 3.63) is 5.82 Å². The van der Waals surface area contributed by atoms with Crippen LogP contribution in [0.2, 0.25) is 0 Å². The molecule has 1 heterocycles. The van der Waals surface area contributed by atoms with Crippen molar-refractivity contribution in [1.29, 1.82) is 0 Å². The van der Waals surface area contributed by atoms with E-state index in [-0.39, 0.29) is 17.1 Å². The Labute approximate surface area is 112 Å². The second-order valence-corrected chi connectivity index (χ2v) is 5.71. The van der Waals surface area contributed by atoms with Crippen LogP contribution < -0.4 is 5.32 Å². The van der Waals surface area contributed by atoms with E-state index in [1.807, 2.05) is 0 Å². The van der Waals surface area contributed by atoms with E-state index in [2.05, 4.69) is 15.5 Å². The van der Waals surface area contributed by atoms with Crippen molar-refractivity contribution < 1.29 is 18.0 Å². The molecule has 0 aliphatic heterocycles. The van der Waals surface area contributed by atoms with E-state index in [0.717, 1.165) is 29.2 Å². The lowest BCUT2D eigenvalue weighted by Crippen LogP contribution is -2.32. The summed E-state index contributed by atoms with van der Waals surface area (Å²) in [5.74, 6) is -1.26. The van der Waals surface area contributed by atoms with Gasteiger partial charge in [0.25, 0.3) is 0 Å². The van der Waals surface area contributed by atoms with Crippen LogP contribution in [0, 0.1) is 0 Å². The third kappa shape index (κ3) is 3.40. The van der Waals surface area contributed by atoms with Gasteiger partial charge in [0.2, 0.25) is 11.7 Å². The molecule has 1 fully saturated rings. The van der Waals surface area contributed by atoms with Crippen LogP contribution in [0.15, 0.2) is 5.16 Å². The Hall–Kier alpha value is -1.25. The summed E-state index contributed by atoms with van der Waals surface area (Å²) in [7, 11) is 1.23. The average Bonchev–Trinajstić information content (AvgIpc) is 3.02. The monoisotopic (exact) mass is 294 g/mol. The van der Waals surface area contributed by atoms with E-state index in [9.17, 15) is 18.0 Å². The van der Waals surface area contributed by atoms with E-state index >= 15 is 0 Å². The van der Waals surface area contributed by atoms with E-state index in [1.54, 1.807) is 6.92 Å². The van der Waals surface area contributed by atoms with E-state index < -0.39 is 17.3 Å². The standard InChI is InChI=1S/C10H13F3N4OS/c1-5(7(18)14-6-3-4-6)19-9-16-15-8(17(9)2)10(11,12)13/h5-6H,3-4H2,1-2H3,(H,14,18). The minimum atomic E-state index is -4.54. The molecule has 0 bridgehead atoms. The number of rotatable bonds is 4. The first-order valence-electron chi connectivity index (χ1n) is 5.72. The SMILES string of the molecule is CC(Sc1nnc(C(F)(F)F)n1C)C(=O)NC1CC1. The van der Waals surface area contributed by atoms with Crippen LogP contribution in [0.25, 0.3) is 0 Å². The first-order chi connectivity index (χ1) is 8.79. The maximum absolute atomic E-state index is 12.5. The van der Waals surface area contributed by atoms with Gasteiger partial charge in [-0.1, -0.05) is 11.8 Å². The highest BCUT2D eigenvalue weighted by Gasteiger charge is 2.38. The lowest BCUT2D eigenvalue weighted by atomic mass is 10.4. The Morgan fingerprint density at radius 2 is 2.11 bits per heavy atom. The van der Waals surface area contributed by atoms with Crippen molar-refractivity contribution in [2.24, 2.45) is 7.05 Å². The Kier molecular flexibility index (Phi) is 3.75. The minimum Gasteiger partial charge on any atom is -0.352 e. The van der Waals surface area contributed by atoms with Gasteiger partial charge in [-0.25, -0.2) is 0 Å². The summed E-state index contributed by atoms with van der Waals surface area (Å²) >= 11 is 0.962. The highest BCUT2D eigenvalue weighted by Crippen LogP contribution is 2.31. The predicted octanol–water partition coefficient (Wildman–Crippen LogP) is 1.59. The average molecular weight is 294 g/mol. The molecule has 1 aromatic rings. The Balaban J connectivity index is 2.02. The fourth-order valence-electron chi connectivity index (χ4n) is 1.42. The molecular formula is C10H13F3N4OS. The van der Waals surface area contributed by atoms with E-state index in [1.165, 1.54) is 7.05 Å². The third-order valence-electron chi connectivity index (χ3n) is 2.66. The maximum atomic E-state index is 12.5. The van der Waals surface area contributed by atoms with Gasteiger partial charge in [-0.3, -0.25) is 4.79 Å². The summed E-state index contributed by atoms with van der Waals surface area (Å²) < 4.78 is 38.4. The second kappa shape index (κ2) is 5.03. The van der Waals surface area contributed by atoms with Gasteiger partial charge in [0.15, 0.2) is 5.16 Å². The quantitative estimate of drug-likeness (QED) is 0.857. The number of nitrogens with zero attached hydrogens (tertiary/aromatic N) is 3. The van der Waals surface area contributed by atoms with E-state index in [4.69, 9.17) is 0 Å². The zero-order valence-electron chi connectivity index (χ0n) is 10.4. The maximum Gasteiger partial charge on any atom is 0.451 e. The van der Waals surface area contributed by atoms with Gasteiger partial charge in [-0.15, -0.1) is 10.2 Å². The van der Waals surface area contributed by atoms with Gasteiger partial charge in [0.1, 0.15) is 0 Å². The number of thioether (sulfide) groups is 1. The molecule has 1 unspecified atom stereocenters. The van der Waals surface area contributed by atoms with Gasteiger partial charge in [0.05, 0.1) is 5.25 Å². The molecule has 1 aliphatic rings. The first-order valence-corrected chi connectivity index (χ1v) is 6.60. The van der Waals surface area contributed by atoms with Crippen LogP contribution in [-0.2, 0) is 18.0 Å². The van der Waals surface area contributed by atoms with Crippen LogP contribution in [0.1, 0.15) is 25.6 Å². The van der Waals surface area contributed by atoms with Gasteiger partial charge >= 0.3 is 6.18 Å². The van der Waals surface area contributed by atoms with Crippen molar-refractivity contribution in [3.8, 4) is 0 Å². The summed E-state index contributed by atoms with van der Waals surface area (Å²) in [5, 5.41) is 8.94. The molecule has 2 rings (SSSR count). The molecule has 0 aromatic carbocycles. The number of hydrogen-bond donors (Lipinski definition) is 1. The van der Waals surface area contributed by atoms with Crippen molar-refractivity contribution in [2.75, 3.05) is 0 Å². The number of carbonyl (C=O) groups is 1. The normalized spacial score (nSPS) is 17.3. The zero-order chi connectivity index (χ0) is 14.2. The van der Waals surface area contributed by atoms with Gasteiger partial charge in [-0.2, -0.15) is 13.2 Å². The minimum absolute atomic E-state index is 0.0748. The van der Waals surface area contributed by atoms with Crippen molar-refractivity contribution >= 4 is 17.7 Å². The number of amides is 1. The molecule has 1 saturated carbocycles. The largest absolute Gasteiger partial charge is 0.451 e. The van der Waals surface area contributed by atoms with Crippen LogP contribution >= 0.6 is 11.8 Å². The van der Waals surface area contributed by atoms with Crippen LogP contribution in [0.3, 0.4) is 0 Å². The fourth-order valence-corrected chi connectivity index (χ4v) is 2.25. The topological polar surface area (TPSA) is 59.8 Å². The Morgan fingerprint density at radius 3 is 2.58 bits per heavy atom. The number of halogens is 3. The molecule has 106 valence electrons. The zero-order valence-corrected chi connectivity index (χ0v) is 11.2. The number of aromatic nitrogens is 3. The molecule has 9 heteroatoms. The third-order valence-corrected chi connectivity index (χ3v) is 3.80. The number of hydrogen-bond acceptors (Lipinski definition) is 4. The van der Waals surface area contributed by atoms with Crippen molar-refractivity contribution in [1.82, 2.24) is 20.1 Å². The molecule has 0 saturated heterocycles. The van der Waals surface area contributed by atoms with Crippen LogP contribution in [0.5, 0.6) is 0 Å². The molecule has 1 amide bonds. The van der Waals surface area contributed by atoms with Gasteiger partial charge in [0, 0.05) is 13.1 Å². The molecular weight excluding hydrogens is 281 g/mol. The number of alkyl halides is 3. The Morgan fingerprint density at radius 1 is 1.47 bits per heavy atom. The van der Waals surface area contributed by atoms with Crippen molar-refractivity contribution in [3.63, 3.8) is 0 Å². The summed E-state index contributed by atoms with van der Waals surface area (Å²) in [5.41, 5.74) is 0. The summed E-state index contributed by atoms with van der Waals surface area (Å²) in [6.45, 7) is 1.63. The van der Waals surface area contributed by atoms with Gasteiger partial charge < -0.3 is 9.88 Å². The molecule has 1 aromatic heterocycles. The van der Waals surface area contributed by atoms with E-state index in [0.29, 0.717) is 0 Å². The molecule has 19 heavy (non-hydrogen) atoms. The van der Waals surface area contributed by atoms with Gasteiger partial charge in [-0.05, 0) is 19.8 Å². The van der Waals surface area contributed by atoms with Crippen LogP contribution in [-0.4, -0.2) is 32.0 Å². The van der Waals surface area contributed by atoms with Crippen LogP contribution in [0.4, 0.5) is 13.2 Å². The molecule has 1 atom stereocenters. The molecule has 5 nitrogen and oxygen atoms in total. The first kappa shape index (κ1) is 14.2. The fraction of sp³-hybridized carbons (Fsp3) is 0.700. The van der Waals surface area contributed by atoms with Crippen molar-refractivity contribution in [2.45, 2.75) is 42.4 Å². The lowest BCUT2D eigenvalue weighted by molar-refractivity contribution is -0.147. The second-order valence-electron chi connectivity index (χ2n) is 4.41. The molecule has 1 aliphatic carbocycles. The smallest absolute Gasteiger partial charge is 0.352 e.